The molecule has 0 aliphatic heterocycles. The molecular formula is C20H21ClF2N4O5S. The average Bonchev–Trinajstić information content (AvgIpc) is 2.75. The Morgan fingerprint density at radius 2 is 1.85 bits per heavy atom. The number of hydrogen-bond acceptors (Lipinski definition) is 6. The predicted octanol–water partition coefficient (Wildman–Crippen LogP) is 2.82. The lowest BCUT2D eigenvalue weighted by atomic mass is 9.90. The fourth-order valence-electron chi connectivity index (χ4n) is 3.06. The zero-order chi connectivity index (χ0) is 24.9. The second-order valence-corrected chi connectivity index (χ2v) is 9.01. The molecule has 2 unspecified atom stereocenters. The highest BCUT2D eigenvalue weighted by atomic mass is 35.5. The Labute approximate surface area is 194 Å². The van der Waals surface area contributed by atoms with Crippen LogP contribution in [0.25, 0.3) is 0 Å². The maximum absolute atomic E-state index is 14.6. The summed E-state index contributed by atoms with van der Waals surface area (Å²) in [6, 6.07) is 3.95. The number of hydrazone groups is 1. The van der Waals surface area contributed by atoms with Crippen LogP contribution in [0.1, 0.15) is 34.3 Å². The molecule has 0 aliphatic carbocycles. The van der Waals surface area contributed by atoms with E-state index < -0.39 is 50.5 Å². The van der Waals surface area contributed by atoms with Gasteiger partial charge in [0.05, 0.1) is 23.6 Å². The Balaban J connectivity index is 2.55. The number of carbonyl (C=O) groups excluding carboxylic acids is 2. The van der Waals surface area contributed by atoms with Gasteiger partial charge in [0.2, 0.25) is 15.9 Å². The van der Waals surface area contributed by atoms with Gasteiger partial charge in [0.25, 0.3) is 0 Å². The Kier molecular flexibility index (Phi) is 8.47. The van der Waals surface area contributed by atoms with Crippen LogP contribution in [0, 0.1) is 18.6 Å². The number of ether oxygens (including phenoxy) is 1. The largest absolute Gasteiger partial charge is 0.452 e. The molecule has 2 aromatic rings. The minimum Gasteiger partial charge on any atom is -0.452 e. The third-order valence-electron chi connectivity index (χ3n) is 4.75. The molecule has 0 aliphatic rings. The first kappa shape index (κ1) is 26.2. The number of methoxy groups -OCH3 is 1. The number of halogens is 3. The standard InChI is InChI=1S/C20H21ClF2N4O5S/c1-10-14(22)5-6-15(23)18(10)11(2)16(9-25-26-20(29)32-3)27-33(30,31)17-7-4-12(21)8-13(17)19(24)28/h4-9,11,16,27H,1-3H3,(H2,24,28)(H,26,29)/b25-9+. The van der Waals surface area contributed by atoms with Crippen LogP contribution in [0.2, 0.25) is 5.02 Å². The van der Waals surface area contributed by atoms with E-state index in [9.17, 15) is 26.8 Å². The van der Waals surface area contributed by atoms with Gasteiger partial charge in [0.15, 0.2) is 0 Å². The highest BCUT2D eigenvalue weighted by molar-refractivity contribution is 7.89. The molecule has 9 nitrogen and oxygen atoms in total. The molecule has 2 atom stereocenters. The van der Waals surface area contributed by atoms with Crippen molar-refractivity contribution in [3.05, 3.63) is 63.7 Å². The third-order valence-corrected chi connectivity index (χ3v) is 6.51. The summed E-state index contributed by atoms with van der Waals surface area (Å²) in [5, 5.41) is 3.69. The van der Waals surface area contributed by atoms with E-state index in [1.807, 2.05) is 5.43 Å². The first-order valence-electron chi connectivity index (χ1n) is 9.32. The van der Waals surface area contributed by atoms with Crippen molar-refractivity contribution in [2.75, 3.05) is 7.11 Å². The molecular weight excluding hydrogens is 482 g/mol. The number of amides is 2. The maximum Gasteiger partial charge on any atom is 0.427 e. The quantitative estimate of drug-likeness (QED) is 0.376. The second kappa shape index (κ2) is 10.7. The Hall–Kier alpha value is -3.09. The van der Waals surface area contributed by atoms with Crippen molar-refractivity contribution in [1.82, 2.24) is 10.1 Å². The molecule has 0 bridgehead atoms. The summed E-state index contributed by atoms with van der Waals surface area (Å²) in [7, 11) is -3.37. The number of benzene rings is 2. The highest BCUT2D eigenvalue weighted by Gasteiger charge is 2.30. The van der Waals surface area contributed by atoms with Gasteiger partial charge < -0.3 is 10.5 Å². The number of hydrogen-bond donors (Lipinski definition) is 3. The molecule has 0 aromatic heterocycles. The number of nitrogens with one attached hydrogen (secondary N) is 2. The van der Waals surface area contributed by atoms with Crippen LogP contribution in [-0.2, 0) is 14.8 Å². The monoisotopic (exact) mass is 502 g/mol. The van der Waals surface area contributed by atoms with Crippen LogP contribution in [0.3, 0.4) is 0 Å². The molecule has 2 aromatic carbocycles. The fourth-order valence-corrected chi connectivity index (χ4v) is 4.68. The normalized spacial score (nSPS) is 13.5. The average molecular weight is 503 g/mol. The van der Waals surface area contributed by atoms with Gasteiger partial charge in [-0.2, -0.15) is 5.10 Å². The van der Waals surface area contributed by atoms with Crippen LogP contribution in [0.15, 0.2) is 40.3 Å². The van der Waals surface area contributed by atoms with E-state index in [4.69, 9.17) is 17.3 Å². The second-order valence-electron chi connectivity index (χ2n) is 6.89. The third kappa shape index (κ3) is 6.24. The first-order chi connectivity index (χ1) is 15.4. The van der Waals surface area contributed by atoms with Gasteiger partial charge in [-0.3, -0.25) is 4.79 Å². The number of rotatable bonds is 8. The van der Waals surface area contributed by atoms with E-state index in [0.717, 1.165) is 37.6 Å². The molecule has 0 heterocycles. The summed E-state index contributed by atoms with van der Waals surface area (Å²) < 4.78 is 61.5. The molecule has 0 fully saturated rings. The topological polar surface area (TPSA) is 140 Å². The van der Waals surface area contributed by atoms with Gasteiger partial charge in [-0.25, -0.2) is 32.1 Å². The lowest BCUT2D eigenvalue weighted by Crippen LogP contribution is -2.41. The van der Waals surface area contributed by atoms with Crippen molar-refractivity contribution in [2.24, 2.45) is 10.8 Å². The molecule has 0 saturated heterocycles. The first-order valence-corrected chi connectivity index (χ1v) is 11.2. The van der Waals surface area contributed by atoms with E-state index in [1.54, 1.807) is 0 Å². The smallest absolute Gasteiger partial charge is 0.427 e. The van der Waals surface area contributed by atoms with Crippen molar-refractivity contribution in [2.45, 2.75) is 30.7 Å². The molecule has 13 heteroatoms. The molecule has 0 spiro atoms. The van der Waals surface area contributed by atoms with Crippen LogP contribution < -0.4 is 15.9 Å². The van der Waals surface area contributed by atoms with Crippen molar-refractivity contribution in [3.63, 3.8) is 0 Å². The van der Waals surface area contributed by atoms with Gasteiger partial charge in [0.1, 0.15) is 11.6 Å². The maximum atomic E-state index is 14.6. The van der Waals surface area contributed by atoms with Gasteiger partial charge in [0, 0.05) is 17.2 Å². The summed E-state index contributed by atoms with van der Waals surface area (Å²) in [4.78, 5) is 22.6. The molecule has 33 heavy (non-hydrogen) atoms. The van der Waals surface area contributed by atoms with E-state index in [0.29, 0.717) is 0 Å². The fraction of sp³-hybridized carbons (Fsp3) is 0.250. The van der Waals surface area contributed by atoms with E-state index in [2.05, 4.69) is 14.6 Å². The summed E-state index contributed by atoms with van der Waals surface area (Å²) >= 11 is 5.84. The molecule has 4 N–H and O–H groups in total. The zero-order valence-corrected chi connectivity index (χ0v) is 19.3. The van der Waals surface area contributed by atoms with Crippen molar-refractivity contribution in [1.29, 1.82) is 0 Å². The van der Waals surface area contributed by atoms with Crippen molar-refractivity contribution in [3.8, 4) is 0 Å². The molecule has 0 radical (unpaired) electrons. The lowest BCUT2D eigenvalue weighted by molar-refractivity contribution is 0.0997. The number of primary amides is 1. The van der Waals surface area contributed by atoms with Crippen molar-refractivity contribution >= 4 is 39.8 Å². The Morgan fingerprint density at radius 3 is 2.45 bits per heavy atom. The van der Waals surface area contributed by atoms with Crippen LogP contribution in [0.5, 0.6) is 0 Å². The van der Waals surface area contributed by atoms with E-state index >= 15 is 0 Å². The zero-order valence-electron chi connectivity index (χ0n) is 17.7. The number of sulfonamides is 1. The number of carbonyl (C=O) groups is 2. The minimum absolute atomic E-state index is 0.0367. The van der Waals surface area contributed by atoms with Crippen molar-refractivity contribution < 1.29 is 31.5 Å². The minimum atomic E-state index is -4.46. The van der Waals surface area contributed by atoms with Crippen LogP contribution in [-0.4, -0.2) is 39.8 Å². The summed E-state index contributed by atoms with van der Waals surface area (Å²) in [6.07, 6.45) is 0.0327. The van der Waals surface area contributed by atoms with Crippen LogP contribution in [0.4, 0.5) is 13.6 Å². The predicted molar refractivity (Wildman–Crippen MR) is 118 cm³/mol. The van der Waals surface area contributed by atoms with Crippen LogP contribution >= 0.6 is 11.6 Å². The van der Waals surface area contributed by atoms with Gasteiger partial charge >= 0.3 is 6.09 Å². The van der Waals surface area contributed by atoms with E-state index in [-0.39, 0.29) is 21.7 Å². The summed E-state index contributed by atoms with van der Waals surface area (Å²) in [5.41, 5.74) is 6.74. The summed E-state index contributed by atoms with van der Waals surface area (Å²) in [6.45, 7) is 2.77. The van der Waals surface area contributed by atoms with Gasteiger partial charge in [-0.15, -0.1) is 0 Å². The highest BCUT2D eigenvalue weighted by Crippen LogP contribution is 2.28. The molecule has 2 amide bonds. The molecule has 2 rings (SSSR count). The number of nitrogens with two attached hydrogens (primary N) is 1. The van der Waals surface area contributed by atoms with E-state index in [1.165, 1.54) is 19.9 Å². The Morgan fingerprint density at radius 1 is 1.21 bits per heavy atom. The van der Waals surface area contributed by atoms with Gasteiger partial charge in [-0.1, -0.05) is 18.5 Å². The van der Waals surface area contributed by atoms with Gasteiger partial charge in [-0.05, 0) is 48.4 Å². The SMILES string of the molecule is COC(=O)N/N=C/C(NS(=O)(=O)c1ccc(Cl)cc1C(N)=O)C(C)c1c(F)ccc(F)c1C. The molecule has 178 valence electrons. The molecule has 0 saturated carbocycles. The lowest BCUT2D eigenvalue weighted by Gasteiger charge is -2.24. The Bertz CT molecular complexity index is 1210. The number of nitrogens with zero attached hydrogens (tertiary/aromatic N) is 1. The summed E-state index contributed by atoms with van der Waals surface area (Å²) in [5.74, 6) is -3.53.